The molecule has 1 N–H and O–H groups in total. The van der Waals surface area contributed by atoms with Gasteiger partial charge in [-0.05, 0) is 42.0 Å². The smallest absolute Gasteiger partial charge is 0.257 e. The number of nitrogens with zero attached hydrogens (tertiary/aromatic N) is 1. The van der Waals surface area contributed by atoms with E-state index in [-0.39, 0.29) is 12.0 Å². The first-order chi connectivity index (χ1) is 13.7. The molecule has 28 heavy (non-hydrogen) atoms. The topological polar surface area (TPSA) is 78.9 Å². The zero-order valence-corrected chi connectivity index (χ0v) is 17.0. The number of hydrogen-bond acceptors (Lipinski definition) is 7. The van der Waals surface area contributed by atoms with Gasteiger partial charge in [-0.3, -0.25) is 4.79 Å². The van der Waals surface area contributed by atoms with E-state index in [0.717, 1.165) is 23.5 Å². The Morgan fingerprint density at radius 3 is 2.57 bits per heavy atom. The molecule has 0 radical (unpaired) electrons. The predicted octanol–water partition coefficient (Wildman–Crippen LogP) is 2.92. The molecule has 1 atom stereocenters. The first kappa shape index (κ1) is 20.1. The summed E-state index contributed by atoms with van der Waals surface area (Å²) in [6.45, 7) is 0.295. The predicted molar refractivity (Wildman–Crippen MR) is 108 cm³/mol. The zero-order valence-electron chi connectivity index (χ0n) is 16.2. The maximum absolute atomic E-state index is 12.7. The van der Waals surface area contributed by atoms with Gasteiger partial charge in [-0.2, -0.15) is 11.8 Å². The molecule has 1 saturated heterocycles. The fourth-order valence-corrected chi connectivity index (χ4v) is 4.03. The number of thioether (sulfide) groups is 1. The van der Waals surface area contributed by atoms with Gasteiger partial charge >= 0.3 is 0 Å². The van der Waals surface area contributed by atoms with Crippen LogP contribution in [0.25, 0.3) is 0 Å². The van der Waals surface area contributed by atoms with E-state index in [1.165, 1.54) is 0 Å². The van der Waals surface area contributed by atoms with Gasteiger partial charge in [0.1, 0.15) is 11.7 Å². The van der Waals surface area contributed by atoms with Gasteiger partial charge in [0.15, 0.2) is 11.5 Å². The minimum Gasteiger partial charge on any atom is -0.493 e. The number of benzene rings is 1. The molecular weight excluding hydrogens is 380 g/mol. The van der Waals surface area contributed by atoms with Gasteiger partial charge in [-0.25, -0.2) is 4.98 Å². The van der Waals surface area contributed by atoms with E-state index in [1.54, 1.807) is 51.8 Å². The fourth-order valence-electron chi connectivity index (χ4n) is 2.94. The molecule has 1 aliphatic heterocycles. The summed E-state index contributed by atoms with van der Waals surface area (Å²) >= 11 is 1.85. The third-order valence-corrected chi connectivity index (χ3v) is 5.49. The van der Waals surface area contributed by atoms with Crippen LogP contribution in [0.1, 0.15) is 22.3 Å². The van der Waals surface area contributed by atoms with Crippen molar-refractivity contribution < 1.29 is 23.7 Å². The lowest BCUT2D eigenvalue weighted by Gasteiger charge is -2.16. The number of pyridine rings is 1. The molecule has 1 unspecified atom stereocenters. The van der Waals surface area contributed by atoms with Crippen molar-refractivity contribution in [2.75, 3.05) is 32.8 Å². The molecule has 7 nitrogen and oxygen atoms in total. The van der Waals surface area contributed by atoms with Crippen LogP contribution in [0.2, 0.25) is 0 Å². The van der Waals surface area contributed by atoms with Gasteiger partial charge in [-0.1, -0.05) is 0 Å². The van der Waals surface area contributed by atoms with Crippen LogP contribution in [0.15, 0.2) is 30.5 Å². The number of nitrogens with one attached hydrogen (secondary N) is 1. The number of hydrogen-bond donors (Lipinski definition) is 1. The molecule has 150 valence electrons. The second-order valence-corrected chi connectivity index (χ2v) is 7.33. The maximum atomic E-state index is 12.7. The van der Waals surface area contributed by atoms with E-state index in [9.17, 15) is 4.79 Å². The van der Waals surface area contributed by atoms with Crippen molar-refractivity contribution in [3.8, 4) is 23.1 Å². The highest BCUT2D eigenvalue weighted by atomic mass is 32.2. The summed E-state index contributed by atoms with van der Waals surface area (Å²) in [5, 5.41) is 2.90. The van der Waals surface area contributed by atoms with E-state index in [0.29, 0.717) is 35.2 Å². The lowest BCUT2D eigenvalue weighted by molar-refractivity contribution is 0.0943. The standard InChI is InChI=1S/C20H24N2O5S/c1-24-16-9-13(10-17(25-2)18(16)26-3)11-22-19(23)15-5-4-7-21-20(15)27-14-6-8-28-12-14/h4-5,7,9-10,14H,6,8,11-12H2,1-3H3,(H,22,23). The van der Waals surface area contributed by atoms with Crippen molar-refractivity contribution >= 4 is 17.7 Å². The van der Waals surface area contributed by atoms with Crippen molar-refractivity contribution in [2.24, 2.45) is 0 Å². The van der Waals surface area contributed by atoms with Crippen LogP contribution in [-0.2, 0) is 6.54 Å². The summed E-state index contributed by atoms with van der Waals surface area (Å²) in [6, 6.07) is 7.05. The Balaban J connectivity index is 1.72. The van der Waals surface area contributed by atoms with Crippen molar-refractivity contribution in [1.82, 2.24) is 10.3 Å². The zero-order chi connectivity index (χ0) is 19.9. The number of rotatable bonds is 8. The van der Waals surface area contributed by atoms with Crippen LogP contribution >= 0.6 is 11.8 Å². The molecule has 0 saturated carbocycles. The molecule has 1 aromatic heterocycles. The van der Waals surface area contributed by atoms with E-state index in [4.69, 9.17) is 18.9 Å². The third-order valence-electron chi connectivity index (χ3n) is 4.36. The molecule has 2 heterocycles. The minimum absolute atomic E-state index is 0.0987. The molecule has 8 heteroatoms. The first-order valence-electron chi connectivity index (χ1n) is 8.92. The number of carbonyl (C=O) groups is 1. The Kier molecular flexibility index (Phi) is 6.86. The Morgan fingerprint density at radius 1 is 1.21 bits per heavy atom. The van der Waals surface area contributed by atoms with Crippen LogP contribution < -0.4 is 24.3 Å². The average Bonchev–Trinajstić information content (AvgIpc) is 3.24. The van der Waals surface area contributed by atoms with Gasteiger partial charge in [0.05, 0.1) is 21.3 Å². The molecule has 1 aromatic carbocycles. The normalized spacial score (nSPS) is 15.8. The maximum Gasteiger partial charge on any atom is 0.257 e. The first-order valence-corrected chi connectivity index (χ1v) is 10.1. The molecule has 0 spiro atoms. The van der Waals surface area contributed by atoms with Crippen molar-refractivity contribution in [3.63, 3.8) is 0 Å². The van der Waals surface area contributed by atoms with Crippen LogP contribution in [-0.4, -0.2) is 49.8 Å². The van der Waals surface area contributed by atoms with E-state index in [2.05, 4.69) is 10.3 Å². The van der Waals surface area contributed by atoms with E-state index < -0.39 is 0 Å². The highest BCUT2D eigenvalue weighted by Crippen LogP contribution is 2.38. The second kappa shape index (κ2) is 9.54. The summed E-state index contributed by atoms with van der Waals surface area (Å²) < 4.78 is 22.0. The van der Waals surface area contributed by atoms with Crippen LogP contribution in [0.4, 0.5) is 0 Å². The largest absolute Gasteiger partial charge is 0.493 e. The van der Waals surface area contributed by atoms with E-state index >= 15 is 0 Å². The summed E-state index contributed by atoms with van der Waals surface area (Å²) in [5.41, 5.74) is 1.24. The summed E-state index contributed by atoms with van der Waals surface area (Å²) in [5.74, 6) is 3.70. The van der Waals surface area contributed by atoms with Crippen molar-refractivity contribution in [3.05, 3.63) is 41.6 Å². The second-order valence-electron chi connectivity index (χ2n) is 6.18. The highest BCUT2D eigenvalue weighted by molar-refractivity contribution is 7.99. The molecule has 3 rings (SSSR count). The summed E-state index contributed by atoms with van der Waals surface area (Å²) in [4.78, 5) is 17.0. The quantitative estimate of drug-likeness (QED) is 0.725. The van der Waals surface area contributed by atoms with Crippen molar-refractivity contribution in [2.45, 2.75) is 19.1 Å². The molecule has 0 aliphatic carbocycles. The average molecular weight is 404 g/mol. The van der Waals surface area contributed by atoms with Gasteiger partial charge in [0, 0.05) is 18.5 Å². The summed E-state index contributed by atoms with van der Waals surface area (Å²) in [6.07, 6.45) is 2.70. The van der Waals surface area contributed by atoms with Crippen LogP contribution in [0.3, 0.4) is 0 Å². The highest BCUT2D eigenvalue weighted by Gasteiger charge is 2.21. The SMILES string of the molecule is COc1cc(CNC(=O)c2cccnc2OC2CCSC2)cc(OC)c1OC. The molecule has 0 bridgehead atoms. The third kappa shape index (κ3) is 4.62. The molecule has 1 amide bonds. The molecular formula is C20H24N2O5S. The minimum atomic E-state index is -0.248. The number of aromatic nitrogens is 1. The summed E-state index contributed by atoms with van der Waals surface area (Å²) in [7, 11) is 4.66. The Bertz CT molecular complexity index is 799. The monoisotopic (exact) mass is 404 g/mol. The van der Waals surface area contributed by atoms with Gasteiger partial charge in [0.2, 0.25) is 11.6 Å². The van der Waals surface area contributed by atoms with Gasteiger partial charge < -0.3 is 24.3 Å². The lowest BCUT2D eigenvalue weighted by Crippen LogP contribution is -2.25. The fraction of sp³-hybridized carbons (Fsp3) is 0.400. The molecule has 1 aliphatic rings. The Hall–Kier alpha value is -2.61. The van der Waals surface area contributed by atoms with Crippen LogP contribution in [0.5, 0.6) is 23.1 Å². The number of carbonyl (C=O) groups excluding carboxylic acids is 1. The number of methoxy groups -OCH3 is 3. The number of amides is 1. The van der Waals surface area contributed by atoms with Crippen molar-refractivity contribution in [1.29, 1.82) is 0 Å². The Labute approximate surface area is 168 Å². The molecule has 1 fully saturated rings. The van der Waals surface area contributed by atoms with Gasteiger partial charge in [-0.15, -0.1) is 0 Å². The van der Waals surface area contributed by atoms with Crippen LogP contribution in [0, 0.1) is 0 Å². The van der Waals surface area contributed by atoms with Gasteiger partial charge in [0.25, 0.3) is 5.91 Å². The Morgan fingerprint density at radius 2 is 1.96 bits per heavy atom. The van der Waals surface area contributed by atoms with E-state index in [1.807, 2.05) is 11.8 Å². The lowest BCUT2D eigenvalue weighted by atomic mass is 10.1. The molecule has 2 aromatic rings. The number of ether oxygens (including phenoxy) is 4.